The summed E-state index contributed by atoms with van der Waals surface area (Å²) >= 11 is 5.74. The van der Waals surface area contributed by atoms with Gasteiger partial charge in [0, 0.05) is 11.6 Å². The molecule has 8 heteroatoms. The van der Waals surface area contributed by atoms with Crippen molar-refractivity contribution >= 4 is 34.9 Å². The van der Waals surface area contributed by atoms with Crippen LogP contribution < -0.4 is 5.32 Å². The lowest BCUT2D eigenvalue weighted by atomic mass is 9.95. The summed E-state index contributed by atoms with van der Waals surface area (Å²) in [6, 6.07) is 10.7. The molecule has 0 bridgehead atoms. The molecule has 2 rings (SSSR count). The molecule has 0 heterocycles. The summed E-state index contributed by atoms with van der Waals surface area (Å²) < 4.78 is 5.43. The number of hydrogen-bond acceptors (Lipinski definition) is 5. The molecule has 0 aliphatic carbocycles. The lowest BCUT2D eigenvalue weighted by Gasteiger charge is -2.26. The van der Waals surface area contributed by atoms with Crippen molar-refractivity contribution in [3.63, 3.8) is 0 Å². The Morgan fingerprint density at radius 2 is 1.88 bits per heavy atom. The highest BCUT2D eigenvalue weighted by Crippen LogP contribution is 2.29. The van der Waals surface area contributed by atoms with Gasteiger partial charge in [-0.15, -0.1) is 0 Å². The van der Waals surface area contributed by atoms with Gasteiger partial charge in [-0.25, -0.2) is 4.79 Å². The summed E-state index contributed by atoms with van der Waals surface area (Å²) in [4.78, 5) is 34.0. The highest BCUT2D eigenvalue weighted by Gasteiger charge is 2.26. The van der Waals surface area contributed by atoms with E-state index in [0.29, 0.717) is 11.1 Å². The number of amides is 1. The molecule has 0 saturated carbocycles. The summed E-state index contributed by atoms with van der Waals surface area (Å²) in [7, 11) is 0. The van der Waals surface area contributed by atoms with Crippen LogP contribution in [-0.2, 0) is 10.3 Å². The highest BCUT2D eigenvalue weighted by molar-refractivity contribution is 6.32. The molecule has 0 saturated heterocycles. The van der Waals surface area contributed by atoms with Gasteiger partial charge in [-0.3, -0.25) is 20.2 Å². The van der Waals surface area contributed by atoms with Gasteiger partial charge in [0.15, 0.2) is 5.78 Å². The van der Waals surface area contributed by atoms with Crippen molar-refractivity contribution in [1.82, 2.24) is 0 Å². The molecule has 1 amide bonds. The van der Waals surface area contributed by atoms with Crippen LogP contribution in [-0.4, -0.2) is 16.8 Å². The maximum Gasteiger partial charge on any atom is 0.412 e. The molecular formula is C18H17ClN2O5. The van der Waals surface area contributed by atoms with Crippen LogP contribution in [0.1, 0.15) is 36.7 Å². The fourth-order valence-electron chi connectivity index (χ4n) is 2.28. The Hall–Kier alpha value is -2.93. The smallest absolute Gasteiger partial charge is 0.412 e. The molecule has 0 atom stereocenters. The SMILES string of the molecule is CC(=O)c1cccc(C(C)(C)OC(=O)Nc2ccc(Cl)c([N+](=O)[O-])c2)c1. The highest BCUT2D eigenvalue weighted by atomic mass is 35.5. The lowest BCUT2D eigenvalue weighted by molar-refractivity contribution is -0.384. The zero-order chi connectivity index (χ0) is 19.5. The van der Waals surface area contributed by atoms with Crippen molar-refractivity contribution < 1.29 is 19.2 Å². The summed E-state index contributed by atoms with van der Waals surface area (Å²) in [5.74, 6) is -0.0967. The maximum absolute atomic E-state index is 12.2. The number of Topliss-reactive ketones (excluding diaryl/α,β-unsaturated/α-hetero) is 1. The normalized spacial score (nSPS) is 10.9. The van der Waals surface area contributed by atoms with E-state index in [1.54, 1.807) is 38.1 Å². The van der Waals surface area contributed by atoms with Gasteiger partial charge in [0.2, 0.25) is 0 Å². The topological polar surface area (TPSA) is 98.5 Å². The first-order valence-electron chi connectivity index (χ1n) is 7.65. The molecule has 0 unspecified atom stereocenters. The van der Waals surface area contributed by atoms with Crippen LogP contribution in [0.4, 0.5) is 16.2 Å². The third-order valence-corrected chi connectivity index (χ3v) is 4.02. The minimum absolute atomic E-state index is 0.0321. The molecule has 2 aromatic rings. The van der Waals surface area contributed by atoms with Crippen LogP contribution in [0.2, 0.25) is 5.02 Å². The van der Waals surface area contributed by atoms with E-state index in [1.165, 1.54) is 19.1 Å². The van der Waals surface area contributed by atoms with Crippen LogP contribution in [0.3, 0.4) is 0 Å². The second-order valence-corrected chi connectivity index (χ2v) is 6.49. The van der Waals surface area contributed by atoms with Crippen molar-refractivity contribution in [1.29, 1.82) is 0 Å². The quantitative estimate of drug-likeness (QED) is 0.453. The minimum atomic E-state index is -1.02. The number of benzene rings is 2. The molecule has 0 aliphatic rings. The Kier molecular flexibility index (Phi) is 5.62. The van der Waals surface area contributed by atoms with Crippen molar-refractivity contribution in [2.75, 3.05) is 5.32 Å². The van der Waals surface area contributed by atoms with Crippen molar-refractivity contribution in [3.05, 3.63) is 68.7 Å². The molecule has 1 N–H and O–H groups in total. The first-order chi connectivity index (χ1) is 12.1. The van der Waals surface area contributed by atoms with Crippen molar-refractivity contribution in [3.8, 4) is 0 Å². The molecule has 0 fully saturated rings. The number of nitrogens with one attached hydrogen (secondary N) is 1. The van der Waals surface area contributed by atoms with Crippen molar-refractivity contribution in [2.24, 2.45) is 0 Å². The predicted octanol–water partition coefficient (Wildman–Crippen LogP) is 4.93. The van der Waals surface area contributed by atoms with Crippen LogP contribution in [0.15, 0.2) is 42.5 Å². The van der Waals surface area contributed by atoms with Gasteiger partial charge in [-0.2, -0.15) is 0 Å². The molecule has 0 aliphatic heterocycles. The average Bonchev–Trinajstić information content (AvgIpc) is 2.56. The van der Waals surface area contributed by atoms with Crippen LogP contribution in [0.5, 0.6) is 0 Å². The van der Waals surface area contributed by atoms with Gasteiger partial charge in [-0.1, -0.05) is 29.8 Å². The lowest BCUT2D eigenvalue weighted by Crippen LogP contribution is -2.28. The van der Waals surface area contributed by atoms with E-state index in [9.17, 15) is 19.7 Å². The monoisotopic (exact) mass is 376 g/mol. The van der Waals surface area contributed by atoms with Gasteiger partial charge < -0.3 is 4.74 Å². The van der Waals surface area contributed by atoms with E-state index >= 15 is 0 Å². The number of nitro groups is 1. The standard InChI is InChI=1S/C18H17ClN2O5/c1-11(22)12-5-4-6-13(9-12)18(2,3)26-17(23)20-14-7-8-15(19)16(10-14)21(24)25/h4-10H,1-3H3,(H,20,23). The second-order valence-electron chi connectivity index (χ2n) is 6.09. The number of nitrogens with zero attached hydrogens (tertiary/aromatic N) is 1. The summed E-state index contributed by atoms with van der Waals surface area (Å²) in [5, 5.41) is 13.3. The fourth-order valence-corrected chi connectivity index (χ4v) is 2.46. The van der Waals surface area contributed by atoms with E-state index in [4.69, 9.17) is 16.3 Å². The number of rotatable bonds is 5. The second kappa shape index (κ2) is 7.53. The van der Waals surface area contributed by atoms with E-state index in [2.05, 4.69) is 5.32 Å². The number of ether oxygens (including phenoxy) is 1. The van der Waals surface area contributed by atoms with Gasteiger partial charge in [0.25, 0.3) is 5.69 Å². The van der Waals surface area contributed by atoms with Crippen LogP contribution >= 0.6 is 11.6 Å². The van der Waals surface area contributed by atoms with Crippen LogP contribution in [0.25, 0.3) is 0 Å². The number of anilines is 1. The third kappa shape index (κ3) is 4.58. The zero-order valence-corrected chi connectivity index (χ0v) is 15.2. The largest absolute Gasteiger partial charge is 0.438 e. The summed E-state index contributed by atoms with van der Waals surface area (Å²) in [5.41, 5.74) is -0.0129. The number of halogens is 1. The zero-order valence-electron chi connectivity index (χ0n) is 14.4. The molecule has 2 aromatic carbocycles. The van der Waals surface area contributed by atoms with E-state index in [-0.39, 0.29) is 22.2 Å². The molecule has 136 valence electrons. The van der Waals surface area contributed by atoms with Gasteiger partial charge in [0.1, 0.15) is 10.6 Å². The molecule has 0 radical (unpaired) electrons. The number of carbonyl (C=O) groups is 2. The molecule has 0 aromatic heterocycles. The minimum Gasteiger partial charge on any atom is -0.438 e. The molecule has 0 spiro atoms. The van der Waals surface area contributed by atoms with Crippen molar-refractivity contribution in [2.45, 2.75) is 26.4 Å². The Bertz CT molecular complexity index is 880. The van der Waals surface area contributed by atoms with E-state index < -0.39 is 16.6 Å². The fraction of sp³-hybridized carbons (Fsp3) is 0.222. The van der Waals surface area contributed by atoms with Gasteiger partial charge >= 0.3 is 6.09 Å². The van der Waals surface area contributed by atoms with Crippen LogP contribution in [0, 0.1) is 10.1 Å². The predicted molar refractivity (Wildman–Crippen MR) is 97.7 cm³/mol. The molecule has 26 heavy (non-hydrogen) atoms. The van der Waals surface area contributed by atoms with Gasteiger partial charge in [-0.05, 0) is 44.5 Å². The Morgan fingerprint density at radius 3 is 2.50 bits per heavy atom. The summed E-state index contributed by atoms with van der Waals surface area (Å²) in [6.07, 6.45) is -0.792. The van der Waals surface area contributed by atoms with E-state index in [0.717, 1.165) is 6.07 Å². The third-order valence-electron chi connectivity index (χ3n) is 3.70. The molecule has 7 nitrogen and oxygen atoms in total. The van der Waals surface area contributed by atoms with Gasteiger partial charge in [0.05, 0.1) is 10.6 Å². The molecular weight excluding hydrogens is 360 g/mol. The summed E-state index contributed by atoms with van der Waals surface area (Å²) in [6.45, 7) is 4.80. The maximum atomic E-state index is 12.2. The average molecular weight is 377 g/mol. The Balaban J connectivity index is 2.16. The number of carbonyl (C=O) groups excluding carboxylic acids is 2. The number of hydrogen-bond donors (Lipinski definition) is 1. The first kappa shape index (κ1) is 19.4. The Labute approximate surface area is 155 Å². The Morgan fingerprint density at radius 1 is 1.19 bits per heavy atom. The number of nitro benzene ring substituents is 1. The van der Waals surface area contributed by atoms with E-state index in [1.807, 2.05) is 0 Å². The number of ketones is 1. The first-order valence-corrected chi connectivity index (χ1v) is 8.03.